The number of fused-ring (bicyclic) bond motifs is 2. The minimum atomic E-state index is -0.856. The molecule has 4 nitrogen and oxygen atoms in total. The SMILES string of the molecule is CCOC(=O)C(=O)C1=C(O)[C@]2(C)CC[C@@H]1C2(C)C. The van der Waals surface area contributed by atoms with Gasteiger partial charge < -0.3 is 9.84 Å². The van der Waals surface area contributed by atoms with E-state index in [4.69, 9.17) is 4.74 Å². The molecule has 1 saturated carbocycles. The Kier molecular flexibility index (Phi) is 2.80. The van der Waals surface area contributed by atoms with E-state index in [0.717, 1.165) is 12.8 Å². The van der Waals surface area contributed by atoms with Crippen molar-refractivity contribution in [2.75, 3.05) is 6.61 Å². The van der Waals surface area contributed by atoms with E-state index in [9.17, 15) is 14.7 Å². The molecular weight excluding hydrogens is 232 g/mol. The normalized spacial score (nSPS) is 32.8. The molecule has 2 bridgehead atoms. The zero-order chi connectivity index (χ0) is 13.7. The zero-order valence-electron chi connectivity index (χ0n) is 11.4. The lowest BCUT2D eigenvalue weighted by atomic mass is 9.69. The highest BCUT2D eigenvalue weighted by molar-refractivity contribution is 6.40. The third-order valence-corrected chi connectivity index (χ3v) is 5.06. The van der Waals surface area contributed by atoms with Crippen LogP contribution in [0, 0.1) is 16.7 Å². The summed E-state index contributed by atoms with van der Waals surface area (Å²) in [6.45, 7) is 7.89. The van der Waals surface area contributed by atoms with Gasteiger partial charge in [-0.3, -0.25) is 4.79 Å². The molecule has 0 amide bonds. The molecule has 0 aromatic carbocycles. The van der Waals surface area contributed by atoms with Gasteiger partial charge in [0.2, 0.25) is 0 Å². The van der Waals surface area contributed by atoms with Gasteiger partial charge in [-0.1, -0.05) is 20.8 Å². The molecule has 2 atom stereocenters. The van der Waals surface area contributed by atoms with E-state index >= 15 is 0 Å². The molecule has 1 N–H and O–H groups in total. The highest BCUT2D eigenvalue weighted by Crippen LogP contribution is 2.67. The minimum absolute atomic E-state index is 0.0422. The number of carbonyl (C=O) groups excluding carboxylic acids is 2. The van der Waals surface area contributed by atoms with E-state index < -0.39 is 17.2 Å². The average molecular weight is 252 g/mol. The van der Waals surface area contributed by atoms with Gasteiger partial charge in [-0.2, -0.15) is 0 Å². The van der Waals surface area contributed by atoms with Crippen LogP contribution in [0.15, 0.2) is 11.3 Å². The smallest absolute Gasteiger partial charge is 0.379 e. The number of rotatable bonds is 3. The van der Waals surface area contributed by atoms with Gasteiger partial charge in [0.25, 0.3) is 5.78 Å². The van der Waals surface area contributed by atoms with E-state index in [1.54, 1.807) is 6.92 Å². The van der Waals surface area contributed by atoms with Gasteiger partial charge in [0, 0.05) is 11.0 Å². The number of hydrogen-bond acceptors (Lipinski definition) is 4. The van der Waals surface area contributed by atoms with E-state index in [0.29, 0.717) is 0 Å². The second kappa shape index (κ2) is 3.84. The largest absolute Gasteiger partial charge is 0.511 e. The summed E-state index contributed by atoms with van der Waals surface area (Å²) in [6, 6.07) is 0. The second-order valence-electron chi connectivity index (χ2n) is 5.96. The van der Waals surface area contributed by atoms with Gasteiger partial charge in [0.1, 0.15) is 5.76 Å². The predicted molar refractivity (Wildman–Crippen MR) is 65.9 cm³/mol. The maximum Gasteiger partial charge on any atom is 0.379 e. The van der Waals surface area contributed by atoms with Crippen molar-refractivity contribution in [3.8, 4) is 0 Å². The number of carbonyl (C=O) groups is 2. The first kappa shape index (κ1) is 13.1. The number of ether oxygens (including phenoxy) is 1. The minimum Gasteiger partial charge on any atom is -0.511 e. The molecule has 1 fully saturated rings. The number of allylic oxidation sites excluding steroid dienone is 1. The molecule has 4 heteroatoms. The zero-order valence-corrected chi connectivity index (χ0v) is 11.4. The van der Waals surface area contributed by atoms with Crippen LogP contribution in [0.4, 0.5) is 0 Å². The van der Waals surface area contributed by atoms with Crippen LogP contribution in [-0.4, -0.2) is 23.5 Å². The summed E-state index contributed by atoms with van der Waals surface area (Å²) in [5.74, 6) is -1.47. The Bertz CT molecular complexity index is 447. The number of ketones is 1. The first-order valence-corrected chi connectivity index (χ1v) is 6.42. The molecule has 0 spiro atoms. The predicted octanol–water partition coefficient (Wildman–Crippen LogP) is 2.39. The summed E-state index contributed by atoms with van der Waals surface area (Å²) in [4.78, 5) is 23.6. The molecule has 0 aromatic rings. The van der Waals surface area contributed by atoms with E-state index in [1.807, 2.05) is 20.8 Å². The number of aliphatic hydroxyl groups excluding tert-OH is 1. The summed E-state index contributed by atoms with van der Waals surface area (Å²) in [6.07, 6.45) is 1.70. The number of Topliss-reactive ketones (excluding diaryl/α,β-unsaturated/α-hetero) is 1. The van der Waals surface area contributed by atoms with Crippen LogP contribution >= 0.6 is 0 Å². The molecular formula is C14H20O4. The summed E-state index contributed by atoms with van der Waals surface area (Å²) in [7, 11) is 0. The van der Waals surface area contributed by atoms with E-state index in [2.05, 4.69) is 0 Å². The van der Waals surface area contributed by atoms with E-state index in [1.165, 1.54) is 0 Å². The maximum absolute atomic E-state index is 12.1. The fourth-order valence-electron chi connectivity index (χ4n) is 3.46. The molecule has 18 heavy (non-hydrogen) atoms. The highest BCUT2D eigenvalue weighted by Gasteiger charge is 2.63. The summed E-state index contributed by atoms with van der Waals surface area (Å²) >= 11 is 0. The van der Waals surface area contributed by atoms with Gasteiger partial charge in [-0.05, 0) is 31.1 Å². The Morgan fingerprint density at radius 2 is 2.00 bits per heavy atom. The Balaban J connectivity index is 2.39. The van der Waals surface area contributed by atoms with E-state index in [-0.39, 0.29) is 29.3 Å². The van der Waals surface area contributed by atoms with Crippen molar-refractivity contribution in [2.45, 2.75) is 40.5 Å². The monoisotopic (exact) mass is 252 g/mol. The van der Waals surface area contributed by atoms with Crippen LogP contribution in [-0.2, 0) is 14.3 Å². The first-order valence-electron chi connectivity index (χ1n) is 6.42. The fraction of sp³-hybridized carbons (Fsp3) is 0.714. The van der Waals surface area contributed by atoms with Gasteiger partial charge in [0.05, 0.1) is 6.61 Å². The maximum atomic E-state index is 12.1. The molecule has 2 rings (SSSR count). The van der Waals surface area contributed by atoms with Crippen LogP contribution in [0.5, 0.6) is 0 Å². The number of esters is 1. The van der Waals surface area contributed by atoms with Crippen molar-refractivity contribution in [1.82, 2.24) is 0 Å². The number of aliphatic hydroxyl groups is 1. The standard InChI is InChI=1S/C14H20O4/c1-5-18-12(17)10(15)9-8-6-7-14(4,11(9)16)13(8,2)3/h8,16H,5-7H2,1-4H3/t8-,14-/m0/s1. The lowest BCUT2D eigenvalue weighted by Crippen LogP contribution is -2.30. The summed E-state index contributed by atoms with van der Waals surface area (Å²) in [5.41, 5.74) is -0.295. The number of hydrogen-bond donors (Lipinski definition) is 1. The molecule has 100 valence electrons. The van der Waals surface area contributed by atoms with Crippen molar-refractivity contribution in [3.63, 3.8) is 0 Å². The summed E-state index contributed by atoms with van der Waals surface area (Å²) < 4.78 is 4.74. The Morgan fingerprint density at radius 3 is 2.44 bits per heavy atom. The highest BCUT2D eigenvalue weighted by atomic mass is 16.5. The summed E-state index contributed by atoms with van der Waals surface area (Å²) in [5, 5.41) is 10.3. The van der Waals surface area contributed by atoms with Crippen LogP contribution in [0.3, 0.4) is 0 Å². The van der Waals surface area contributed by atoms with Gasteiger partial charge in [0.15, 0.2) is 0 Å². The molecule has 0 aliphatic heterocycles. The third kappa shape index (κ3) is 1.38. The Hall–Kier alpha value is -1.32. The first-order chi connectivity index (χ1) is 8.27. The topological polar surface area (TPSA) is 63.6 Å². The van der Waals surface area contributed by atoms with Gasteiger partial charge in [-0.15, -0.1) is 0 Å². The lowest BCUT2D eigenvalue weighted by molar-refractivity contribution is -0.152. The van der Waals surface area contributed by atoms with Crippen molar-refractivity contribution in [2.24, 2.45) is 16.7 Å². The molecule has 0 unspecified atom stereocenters. The molecule has 0 radical (unpaired) electrons. The molecule has 2 aliphatic carbocycles. The second-order valence-corrected chi connectivity index (χ2v) is 5.96. The third-order valence-electron chi connectivity index (χ3n) is 5.06. The Morgan fingerprint density at radius 1 is 1.39 bits per heavy atom. The van der Waals surface area contributed by atoms with Gasteiger partial charge in [-0.25, -0.2) is 4.79 Å². The van der Waals surface area contributed by atoms with Crippen molar-refractivity contribution in [1.29, 1.82) is 0 Å². The molecule has 0 aromatic heterocycles. The van der Waals surface area contributed by atoms with Gasteiger partial charge >= 0.3 is 5.97 Å². The molecule has 2 aliphatic rings. The van der Waals surface area contributed by atoms with Crippen LogP contribution in [0.1, 0.15) is 40.5 Å². The van der Waals surface area contributed by atoms with Crippen LogP contribution in [0.2, 0.25) is 0 Å². The van der Waals surface area contributed by atoms with Crippen molar-refractivity contribution >= 4 is 11.8 Å². The molecule has 0 heterocycles. The fourth-order valence-corrected chi connectivity index (χ4v) is 3.46. The van der Waals surface area contributed by atoms with Crippen molar-refractivity contribution < 1.29 is 19.4 Å². The van der Waals surface area contributed by atoms with Crippen LogP contribution < -0.4 is 0 Å². The average Bonchev–Trinajstić information content (AvgIpc) is 2.60. The van der Waals surface area contributed by atoms with Crippen LogP contribution in [0.25, 0.3) is 0 Å². The Labute approximate surface area is 107 Å². The quantitative estimate of drug-likeness (QED) is 0.618. The van der Waals surface area contributed by atoms with Crippen molar-refractivity contribution in [3.05, 3.63) is 11.3 Å². The molecule has 0 saturated heterocycles. The lowest BCUT2D eigenvalue weighted by Gasteiger charge is -2.34.